The van der Waals surface area contributed by atoms with Crippen LogP contribution in [0.4, 0.5) is 5.82 Å². The molecule has 2 fully saturated rings. The van der Waals surface area contributed by atoms with Gasteiger partial charge in [0.2, 0.25) is 5.91 Å². The van der Waals surface area contributed by atoms with Gasteiger partial charge in [0.15, 0.2) is 0 Å². The molecule has 1 aromatic rings. The summed E-state index contributed by atoms with van der Waals surface area (Å²) in [5.74, 6) is 0.544. The second-order valence-electron chi connectivity index (χ2n) is 8.45. The third kappa shape index (κ3) is 5.31. The smallest absolute Gasteiger partial charge is 0.332 e. The Kier molecular flexibility index (Phi) is 7.71. The second-order valence-corrected chi connectivity index (χ2v) is 8.45. The molecule has 1 atom stereocenters. The summed E-state index contributed by atoms with van der Waals surface area (Å²) in [6.45, 7) is 10.8. The zero-order valence-electron chi connectivity index (χ0n) is 18.6. The van der Waals surface area contributed by atoms with Crippen molar-refractivity contribution in [3.05, 3.63) is 26.9 Å². The van der Waals surface area contributed by atoms with Gasteiger partial charge in [0.05, 0.1) is 5.92 Å². The van der Waals surface area contributed by atoms with Gasteiger partial charge in [0.1, 0.15) is 5.82 Å². The van der Waals surface area contributed by atoms with Gasteiger partial charge in [-0.25, -0.2) is 4.79 Å². The van der Waals surface area contributed by atoms with Crippen molar-refractivity contribution in [3.8, 4) is 0 Å². The minimum atomic E-state index is -0.344. The first-order valence-corrected chi connectivity index (χ1v) is 11.1. The lowest BCUT2D eigenvalue weighted by molar-refractivity contribution is -0.125. The molecule has 2 saturated heterocycles. The molecular weight excluding hydrogens is 384 g/mol. The van der Waals surface area contributed by atoms with Crippen LogP contribution in [0.2, 0.25) is 0 Å². The number of nitrogens with zero attached hydrogens (tertiary/aromatic N) is 5. The zero-order chi connectivity index (χ0) is 21.7. The molecule has 0 radical (unpaired) electrons. The van der Waals surface area contributed by atoms with E-state index in [2.05, 4.69) is 22.0 Å². The summed E-state index contributed by atoms with van der Waals surface area (Å²) in [7, 11) is 3.14. The molecular formula is C21H36N6O3. The van der Waals surface area contributed by atoms with Gasteiger partial charge in [-0.2, -0.15) is 0 Å². The molecule has 1 aromatic heterocycles. The molecule has 0 unspecified atom stereocenters. The maximum Gasteiger partial charge on any atom is 0.332 e. The van der Waals surface area contributed by atoms with Gasteiger partial charge in [-0.15, -0.1) is 0 Å². The minimum Gasteiger partial charge on any atom is -0.357 e. The van der Waals surface area contributed by atoms with Crippen molar-refractivity contribution in [3.63, 3.8) is 0 Å². The molecule has 168 valence electrons. The standard InChI is InChI=1S/C21H36N6O3/c1-4-25-11-13-26(14-12-25)9-6-8-22-20(29)17-7-5-10-27(16-17)18-15-19(28)24(3)21(30)23(18)2/h15,17H,4-14,16H2,1-3H3,(H,22,29)/t17-/m0/s1. The first-order valence-electron chi connectivity index (χ1n) is 11.1. The molecule has 0 aromatic carbocycles. The average Bonchev–Trinajstić information content (AvgIpc) is 2.78. The van der Waals surface area contributed by atoms with E-state index in [4.69, 9.17) is 0 Å². The highest BCUT2D eigenvalue weighted by molar-refractivity contribution is 5.79. The van der Waals surface area contributed by atoms with Gasteiger partial charge in [-0.05, 0) is 32.4 Å². The minimum absolute atomic E-state index is 0.0735. The van der Waals surface area contributed by atoms with Crippen LogP contribution in [0, 0.1) is 5.92 Å². The van der Waals surface area contributed by atoms with E-state index in [0.717, 1.165) is 69.6 Å². The predicted octanol–water partition coefficient (Wildman–Crippen LogP) is -0.556. The maximum atomic E-state index is 12.7. The van der Waals surface area contributed by atoms with Crippen LogP contribution in [0.5, 0.6) is 0 Å². The van der Waals surface area contributed by atoms with E-state index in [9.17, 15) is 14.4 Å². The number of nitrogens with one attached hydrogen (secondary N) is 1. The summed E-state index contributed by atoms with van der Waals surface area (Å²) >= 11 is 0. The summed E-state index contributed by atoms with van der Waals surface area (Å²) in [5, 5.41) is 3.09. The van der Waals surface area contributed by atoms with E-state index in [-0.39, 0.29) is 23.1 Å². The number of hydrogen-bond acceptors (Lipinski definition) is 6. The van der Waals surface area contributed by atoms with Crippen molar-refractivity contribution in [1.82, 2.24) is 24.3 Å². The van der Waals surface area contributed by atoms with Gasteiger partial charge in [0, 0.05) is 66.0 Å². The van der Waals surface area contributed by atoms with Crippen LogP contribution in [-0.4, -0.2) is 83.7 Å². The zero-order valence-corrected chi connectivity index (χ0v) is 18.6. The van der Waals surface area contributed by atoms with E-state index in [1.165, 1.54) is 17.7 Å². The Morgan fingerprint density at radius 3 is 2.47 bits per heavy atom. The number of piperidine rings is 1. The van der Waals surface area contributed by atoms with Crippen LogP contribution >= 0.6 is 0 Å². The third-order valence-corrected chi connectivity index (χ3v) is 6.48. The number of carbonyl (C=O) groups excluding carboxylic acids is 1. The molecule has 3 rings (SSSR count). The SMILES string of the molecule is CCN1CCN(CCCNC(=O)[C@H]2CCCN(c3cc(=O)n(C)c(=O)n3C)C2)CC1. The fraction of sp³-hybridized carbons (Fsp3) is 0.762. The summed E-state index contributed by atoms with van der Waals surface area (Å²) in [5.41, 5.74) is -0.664. The van der Waals surface area contributed by atoms with Crippen molar-refractivity contribution < 1.29 is 4.79 Å². The van der Waals surface area contributed by atoms with Crippen LogP contribution in [0.1, 0.15) is 26.2 Å². The lowest BCUT2D eigenvalue weighted by atomic mass is 9.97. The number of amides is 1. The normalized spacial score (nSPS) is 21.0. The largest absolute Gasteiger partial charge is 0.357 e. The highest BCUT2D eigenvalue weighted by atomic mass is 16.2. The van der Waals surface area contributed by atoms with Crippen LogP contribution < -0.4 is 21.5 Å². The first-order chi connectivity index (χ1) is 14.4. The van der Waals surface area contributed by atoms with E-state index in [1.54, 1.807) is 7.05 Å². The molecule has 9 heteroatoms. The molecule has 0 aliphatic carbocycles. The molecule has 2 aliphatic rings. The fourth-order valence-corrected chi connectivity index (χ4v) is 4.41. The lowest BCUT2D eigenvalue weighted by Crippen LogP contribution is -2.47. The van der Waals surface area contributed by atoms with Crippen LogP contribution in [0.15, 0.2) is 15.7 Å². The Bertz CT molecular complexity index is 840. The molecule has 0 saturated carbocycles. The van der Waals surface area contributed by atoms with Crippen LogP contribution in [0.25, 0.3) is 0 Å². The number of piperazine rings is 1. The summed E-state index contributed by atoms with van der Waals surface area (Å²) in [6, 6.07) is 1.49. The van der Waals surface area contributed by atoms with Gasteiger partial charge < -0.3 is 20.0 Å². The molecule has 9 nitrogen and oxygen atoms in total. The molecule has 3 heterocycles. The van der Waals surface area contributed by atoms with Gasteiger partial charge in [0.25, 0.3) is 5.56 Å². The maximum absolute atomic E-state index is 12.7. The quantitative estimate of drug-likeness (QED) is 0.596. The molecule has 0 spiro atoms. The predicted molar refractivity (Wildman–Crippen MR) is 118 cm³/mol. The summed E-state index contributed by atoms with van der Waals surface area (Å²) in [6.07, 6.45) is 2.65. The Labute approximate surface area is 178 Å². The number of likely N-dealkylation sites (N-methyl/N-ethyl adjacent to an activating group) is 1. The highest BCUT2D eigenvalue weighted by Gasteiger charge is 2.27. The van der Waals surface area contributed by atoms with Gasteiger partial charge >= 0.3 is 5.69 Å². The monoisotopic (exact) mass is 420 g/mol. The number of rotatable bonds is 7. The summed E-state index contributed by atoms with van der Waals surface area (Å²) < 4.78 is 2.58. The van der Waals surface area contributed by atoms with E-state index >= 15 is 0 Å². The Morgan fingerprint density at radius 1 is 1.07 bits per heavy atom. The van der Waals surface area contributed by atoms with Crippen molar-refractivity contribution in [2.24, 2.45) is 20.0 Å². The Balaban J connectivity index is 1.47. The topological polar surface area (TPSA) is 82.8 Å². The Hall–Kier alpha value is -2.13. The van der Waals surface area contributed by atoms with Crippen LogP contribution in [-0.2, 0) is 18.9 Å². The fourth-order valence-electron chi connectivity index (χ4n) is 4.41. The third-order valence-electron chi connectivity index (χ3n) is 6.48. The number of carbonyl (C=O) groups is 1. The molecule has 0 bridgehead atoms. The number of hydrogen-bond donors (Lipinski definition) is 1. The van der Waals surface area contributed by atoms with Gasteiger partial charge in [-0.1, -0.05) is 6.92 Å². The van der Waals surface area contributed by atoms with Crippen molar-refractivity contribution in [1.29, 1.82) is 0 Å². The molecule has 1 N–H and O–H groups in total. The van der Waals surface area contributed by atoms with E-state index < -0.39 is 0 Å². The van der Waals surface area contributed by atoms with Gasteiger partial charge in [-0.3, -0.25) is 18.7 Å². The van der Waals surface area contributed by atoms with Crippen LogP contribution in [0.3, 0.4) is 0 Å². The lowest BCUT2D eigenvalue weighted by Gasteiger charge is -2.35. The van der Waals surface area contributed by atoms with Crippen molar-refractivity contribution >= 4 is 11.7 Å². The average molecular weight is 421 g/mol. The highest BCUT2D eigenvalue weighted by Crippen LogP contribution is 2.21. The van der Waals surface area contributed by atoms with Crippen molar-refractivity contribution in [2.45, 2.75) is 26.2 Å². The summed E-state index contributed by atoms with van der Waals surface area (Å²) in [4.78, 5) is 43.9. The Morgan fingerprint density at radius 2 is 1.77 bits per heavy atom. The number of aromatic nitrogens is 2. The van der Waals surface area contributed by atoms with Crippen molar-refractivity contribution in [2.75, 3.05) is 63.8 Å². The second kappa shape index (κ2) is 10.3. The molecule has 2 aliphatic heterocycles. The molecule has 1 amide bonds. The molecule has 30 heavy (non-hydrogen) atoms. The van der Waals surface area contributed by atoms with E-state index in [0.29, 0.717) is 18.9 Å². The first kappa shape index (κ1) is 22.6. The number of anilines is 1. The van der Waals surface area contributed by atoms with E-state index in [1.807, 2.05) is 4.90 Å².